The average Bonchev–Trinajstić information content (AvgIpc) is 2.80. The first-order chi connectivity index (χ1) is 15.4. The van der Waals surface area contributed by atoms with Crippen LogP contribution in [0, 0.1) is 11.8 Å². The van der Waals surface area contributed by atoms with Crippen LogP contribution in [-0.2, 0) is 4.79 Å². The molecule has 1 amide bonds. The molecule has 182 valence electrons. The normalized spacial score (nSPS) is 14.2. The Morgan fingerprint density at radius 1 is 1.03 bits per heavy atom. The van der Waals surface area contributed by atoms with Crippen LogP contribution in [0.1, 0.15) is 60.8 Å². The van der Waals surface area contributed by atoms with Gasteiger partial charge in [0.15, 0.2) is 0 Å². The van der Waals surface area contributed by atoms with E-state index in [9.17, 15) is 4.79 Å². The Hall–Kier alpha value is -2.39. The SMILES string of the molecule is C=C/C=C\C(=C/C)C(C(C=C)CC=C)C(NC(=O)CC=C)C(C)NCCC.C=CC.CC. The molecule has 4 unspecified atom stereocenters. The van der Waals surface area contributed by atoms with Crippen LogP contribution < -0.4 is 10.6 Å². The minimum absolute atomic E-state index is 0.0188. The first kappa shape index (κ1) is 34.2. The van der Waals surface area contributed by atoms with Crippen molar-refractivity contribution in [2.75, 3.05) is 6.54 Å². The van der Waals surface area contributed by atoms with Crippen LogP contribution in [0.2, 0.25) is 0 Å². The number of amides is 1. The fourth-order valence-electron chi connectivity index (χ4n) is 3.28. The van der Waals surface area contributed by atoms with Gasteiger partial charge in [-0.15, -0.1) is 26.3 Å². The van der Waals surface area contributed by atoms with E-state index in [4.69, 9.17) is 0 Å². The summed E-state index contributed by atoms with van der Waals surface area (Å²) in [5.41, 5.74) is 1.15. The summed E-state index contributed by atoms with van der Waals surface area (Å²) in [4.78, 5) is 12.4. The summed E-state index contributed by atoms with van der Waals surface area (Å²) < 4.78 is 0. The molecule has 0 aromatic rings. The number of rotatable bonds is 15. The molecule has 0 aromatic carbocycles. The van der Waals surface area contributed by atoms with E-state index in [0.717, 1.165) is 25.0 Å². The quantitative estimate of drug-likeness (QED) is 0.206. The third-order valence-electron chi connectivity index (χ3n) is 4.65. The highest BCUT2D eigenvalue weighted by molar-refractivity contribution is 5.77. The van der Waals surface area contributed by atoms with Gasteiger partial charge in [-0.3, -0.25) is 4.79 Å². The highest BCUT2D eigenvalue weighted by Gasteiger charge is 2.33. The Balaban J connectivity index is -0.00000154. The maximum Gasteiger partial charge on any atom is 0.224 e. The van der Waals surface area contributed by atoms with Crippen molar-refractivity contribution >= 4 is 5.91 Å². The van der Waals surface area contributed by atoms with Gasteiger partial charge in [0.25, 0.3) is 0 Å². The van der Waals surface area contributed by atoms with Crippen LogP contribution in [0.25, 0.3) is 0 Å². The molecule has 0 saturated carbocycles. The fourth-order valence-corrected chi connectivity index (χ4v) is 3.28. The Morgan fingerprint density at radius 3 is 2.03 bits per heavy atom. The van der Waals surface area contributed by atoms with E-state index in [1.165, 1.54) is 0 Å². The van der Waals surface area contributed by atoms with Crippen LogP contribution in [-0.4, -0.2) is 24.5 Å². The zero-order valence-corrected chi connectivity index (χ0v) is 21.7. The van der Waals surface area contributed by atoms with Crippen molar-refractivity contribution in [2.24, 2.45) is 11.8 Å². The Bertz CT molecular complexity index is 586. The molecule has 0 aromatic heterocycles. The second-order valence-corrected chi connectivity index (χ2v) is 7.07. The molecule has 4 atom stereocenters. The van der Waals surface area contributed by atoms with Gasteiger partial charge < -0.3 is 10.6 Å². The largest absolute Gasteiger partial charge is 0.351 e. The Labute approximate surface area is 199 Å². The van der Waals surface area contributed by atoms with Gasteiger partial charge >= 0.3 is 0 Å². The number of hydrogen-bond donors (Lipinski definition) is 2. The number of allylic oxidation sites excluding steroid dienone is 7. The molecule has 3 heteroatoms. The van der Waals surface area contributed by atoms with Crippen molar-refractivity contribution in [3.63, 3.8) is 0 Å². The predicted octanol–water partition coefficient (Wildman–Crippen LogP) is 7.34. The minimum Gasteiger partial charge on any atom is -0.351 e. The van der Waals surface area contributed by atoms with E-state index in [1.807, 2.05) is 45.9 Å². The van der Waals surface area contributed by atoms with Crippen molar-refractivity contribution < 1.29 is 4.79 Å². The molecule has 0 aliphatic carbocycles. The van der Waals surface area contributed by atoms with E-state index < -0.39 is 0 Å². The van der Waals surface area contributed by atoms with Crippen LogP contribution in [0.4, 0.5) is 0 Å². The molecule has 2 N–H and O–H groups in total. The van der Waals surface area contributed by atoms with Gasteiger partial charge in [0.05, 0.1) is 6.04 Å². The van der Waals surface area contributed by atoms with E-state index >= 15 is 0 Å². The molecule has 0 rings (SSSR count). The maximum atomic E-state index is 12.4. The first-order valence-corrected chi connectivity index (χ1v) is 11.8. The molecular weight excluding hydrogens is 392 g/mol. The maximum absolute atomic E-state index is 12.4. The van der Waals surface area contributed by atoms with Gasteiger partial charge in [-0.25, -0.2) is 0 Å². The van der Waals surface area contributed by atoms with Crippen LogP contribution in [0.15, 0.2) is 87.1 Å². The molecule has 3 nitrogen and oxygen atoms in total. The minimum atomic E-state index is -0.0902. The summed E-state index contributed by atoms with van der Waals surface area (Å²) in [6.45, 7) is 31.8. The van der Waals surface area contributed by atoms with Crippen molar-refractivity contribution in [1.82, 2.24) is 10.6 Å². The number of nitrogens with one attached hydrogen (secondary N) is 2. The molecule has 0 radical (unpaired) electrons. The number of carbonyl (C=O) groups excluding carboxylic acids is 1. The van der Waals surface area contributed by atoms with Gasteiger partial charge in [-0.1, -0.05) is 76.0 Å². The first-order valence-electron chi connectivity index (χ1n) is 11.8. The van der Waals surface area contributed by atoms with Gasteiger partial charge in [-0.2, -0.15) is 0 Å². The summed E-state index contributed by atoms with van der Waals surface area (Å²) in [6, 6.07) is 0.00989. The zero-order valence-electron chi connectivity index (χ0n) is 21.7. The summed E-state index contributed by atoms with van der Waals surface area (Å²) in [6.07, 6.45) is 17.3. The molecule has 32 heavy (non-hydrogen) atoms. The molecular formula is C29H50N2O. The standard InChI is InChI=1S/C24H38N2O.C3H6.C2H6/c1-8-14-17-21(13-6)23(20(12-5)15-9-2)24(19(7)25-18-11-4)26-22(27)16-10-3;1-3-2;1-2/h8-10,12-14,17,19-20,23-25H,1-3,5,11,15-16,18H2,4,6-7H3,(H,26,27);3H,1H2,2H3;1-2H3/b17-14-,21-13+;;. The lowest BCUT2D eigenvalue weighted by atomic mass is 9.75. The molecule has 0 aliphatic heterocycles. The van der Waals surface area contributed by atoms with Crippen molar-refractivity contribution in [3.8, 4) is 0 Å². The molecule has 0 heterocycles. The average molecular weight is 443 g/mol. The Morgan fingerprint density at radius 2 is 1.62 bits per heavy atom. The molecule has 0 spiro atoms. The number of hydrogen-bond acceptors (Lipinski definition) is 2. The number of carbonyl (C=O) groups is 1. The zero-order chi connectivity index (χ0) is 25.4. The Kier molecular flexibility index (Phi) is 26.6. The summed E-state index contributed by atoms with van der Waals surface area (Å²) in [5.74, 6) is 0.201. The fraction of sp³-hybridized carbons (Fsp3) is 0.483. The highest BCUT2D eigenvalue weighted by Crippen LogP contribution is 2.31. The van der Waals surface area contributed by atoms with Crippen molar-refractivity contribution in [3.05, 3.63) is 87.1 Å². The van der Waals surface area contributed by atoms with Gasteiger partial charge in [0.1, 0.15) is 0 Å². The molecule has 0 fully saturated rings. The van der Waals surface area contributed by atoms with Crippen LogP contribution in [0.3, 0.4) is 0 Å². The highest BCUT2D eigenvalue weighted by atomic mass is 16.1. The van der Waals surface area contributed by atoms with Crippen molar-refractivity contribution in [1.29, 1.82) is 0 Å². The van der Waals surface area contributed by atoms with Crippen LogP contribution >= 0.6 is 0 Å². The van der Waals surface area contributed by atoms with E-state index in [2.05, 4.69) is 69.5 Å². The van der Waals surface area contributed by atoms with Gasteiger partial charge in [0.2, 0.25) is 5.91 Å². The van der Waals surface area contributed by atoms with Crippen LogP contribution in [0.5, 0.6) is 0 Å². The van der Waals surface area contributed by atoms with E-state index in [0.29, 0.717) is 6.42 Å². The third kappa shape index (κ3) is 15.4. The monoisotopic (exact) mass is 442 g/mol. The lowest BCUT2D eigenvalue weighted by Gasteiger charge is -2.37. The van der Waals surface area contributed by atoms with E-state index in [1.54, 1.807) is 18.2 Å². The second kappa shape index (κ2) is 24.9. The smallest absolute Gasteiger partial charge is 0.224 e. The van der Waals surface area contributed by atoms with Gasteiger partial charge in [0, 0.05) is 18.4 Å². The summed E-state index contributed by atoms with van der Waals surface area (Å²) >= 11 is 0. The second-order valence-electron chi connectivity index (χ2n) is 7.07. The molecule has 0 aliphatic rings. The van der Waals surface area contributed by atoms with E-state index in [-0.39, 0.29) is 29.8 Å². The summed E-state index contributed by atoms with van der Waals surface area (Å²) in [7, 11) is 0. The summed E-state index contributed by atoms with van der Waals surface area (Å²) in [5, 5.41) is 6.78. The molecule has 0 bridgehead atoms. The topological polar surface area (TPSA) is 41.1 Å². The van der Waals surface area contributed by atoms with Crippen molar-refractivity contribution in [2.45, 2.75) is 72.9 Å². The van der Waals surface area contributed by atoms with Gasteiger partial charge in [-0.05, 0) is 51.6 Å². The lowest BCUT2D eigenvalue weighted by molar-refractivity contribution is -0.121. The predicted molar refractivity (Wildman–Crippen MR) is 147 cm³/mol. The molecule has 0 saturated heterocycles. The lowest BCUT2D eigenvalue weighted by Crippen LogP contribution is -2.54. The third-order valence-corrected chi connectivity index (χ3v) is 4.65.